The SMILES string of the molecule is [O]CC=CC(Cl)(Cl)Cl. The predicted molar refractivity (Wildman–Crippen MR) is 35.0 cm³/mol. The second-order valence-electron chi connectivity index (χ2n) is 1.11. The summed E-state index contributed by atoms with van der Waals surface area (Å²) >= 11 is 15.7. The molecule has 0 heterocycles. The first-order valence-electron chi connectivity index (χ1n) is 1.89. The Hall–Kier alpha value is 0.570. The van der Waals surface area contributed by atoms with E-state index < -0.39 is 3.79 Å². The molecule has 0 aliphatic rings. The lowest BCUT2D eigenvalue weighted by atomic mass is 10.5. The molecule has 0 atom stereocenters. The van der Waals surface area contributed by atoms with Crippen molar-refractivity contribution in [1.29, 1.82) is 0 Å². The van der Waals surface area contributed by atoms with Gasteiger partial charge < -0.3 is 0 Å². The van der Waals surface area contributed by atoms with Crippen LogP contribution in [0.4, 0.5) is 0 Å². The van der Waals surface area contributed by atoms with Crippen LogP contribution in [0.15, 0.2) is 12.2 Å². The first kappa shape index (κ1) is 8.57. The van der Waals surface area contributed by atoms with Gasteiger partial charge in [0.05, 0.1) is 0 Å². The van der Waals surface area contributed by atoms with E-state index in [-0.39, 0.29) is 6.61 Å². The Kier molecular flexibility index (Phi) is 3.82. The van der Waals surface area contributed by atoms with Crippen molar-refractivity contribution >= 4 is 34.8 Å². The van der Waals surface area contributed by atoms with Crippen LogP contribution in [-0.4, -0.2) is 10.4 Å². The highest BCUT2D eigenvalue weighted by Crippen LogP contribution is 2.26. The van der Waals surface area contributed by atoms with Crippen molar-refractivity contribution in [1.82, 2.24) is 0 Å². The third-order valence-corrected chi connectivity index (χ3v) is 0.781. The highest BCUT2D eigenvalue weighted by Gasteiger charge is 2.12. The Morgan fingerprint density at radius 2 is 1.88 bits per heavy atom. The minimum absolute atomic E-state index is 0.353. The van der Waals surface area contributed by atoms with Gasteiger partial charge in [-0.05, 0) is 6.08 Å². The molecule has 0 aromatic carbocycles. The quantitative estimate of drug-likeness (QED) is 0.430. The number of hydrogen-bond donors (Lipinski definition) is 0. The van der Waals surface area contributed by atoms with E-state index in [4.69, 9.17) is 34.8 Å². The van der Waals surface area contributed by atoms with Gasteiger partial charge in [-0.3, -0.25) is 0 Å². The van der Waals surface area contributed by atoms with E-state index in [0.717, 1.165) is 0 Å². The Morgan fingerprint density at radius 3 is 2.00 bits per heavy atom. The second kappa shape index (κ2) is 3.57. The van der Waals surface area contributed by atoms with Crippen molar-refractivity contribution in [3.05, 3.63) is 12.2 Å². The smallest absolute Gasteiger partial charge is 0.209 e. The molecular weight excluding hydrogens is 170 g/mol. The molecule has 0 aliphatic carbocycles. The van der Waals surface area contributed by atoms with Gasteiger partial charge >= 0.3 is 0 Å². The van der Waals surface area contributed by atoms with Crippen molar-refractivity contribution in [2.75, 3.05) is 6.61 Å². The van der Waals surface area contributed by atoms with Crippen LogP contribution >= 0.6 is 34.8 Å². The van der Waals surface area contributed by atoms with E-state index in [9.17, 15) is 5.11 Å². The average Bonchev–Trinajstić information content (AvgIpc) is 1.59. The summed E-state index contributed by atoms with van der Waals surface area (Å²) in [4.78, 5) is 0. The lowest BCUT2D eigenvalue weighted by Crippen LogP contribution is -1.94. The van der Waals surface area contributed by atoms with Gasteiger partial charge in [-0.1, -0.05) is 40.9 Å². The van der Waals surface area contributed by atoms with Crippen molar-refractivity contribution < 1.29 is 5.11 Å². The van der Waals surface area contributed by atoms with Gasteiger partial charge in [0.1, 0.15) is 6.61 Å². The Bertz CT molecular complexity index is 83.8. The summed E-state index contributed by atoms with van der Waals surface area (Å²) in [6.45, 7) is -0.353. The van der Waals surface area contributed by atoms with E-state index in [0.29, 0.717) is 0 Å². The van der Waals surface area contributed by atoms with E-state index in [1.54, 1.807) is 0 Å². The van der Waals surface area contributed by atoms with Crippen LogP contribution in [0.1, 0.15) is 0 Å². The summed E-state index contributed by atoms with van der Waals surface area (Å²) in [5.74, 6) is 0. The summed E-state index contributed by atoms with van der Waals surface area (Å²) in [6.07, 6.45) is 2.48. The van der Waals surface area contributed by atoms with Gasteiger partial charge in [-0.15, -0.1) is 0 Å². The molecule has 1 radical (unpaired) electrons. The summed E-state index contributed by atoms with van der Waals surface area (Å²) in [7, 11) is 0. The topological polar surface area (TPSA) is 19.9 Å². The Morgan fingerprint density at radius 1 is 1.38 bits per heavy atom. The first-order chi connectivity index (χ1) is 3.56. The molecule has 8 heavy (non-hydrogen) atoms. The Labute approximate surface area is 62.8 Å². The lowest BCUT2D eigenvalue weighted by molar-refractivity contribution is 0.232. The highest BCUT2D eigenvalue weighted by atomic mass is 35.6. The van der Waals surface area contributed by atoms with E-state index in [1.807, 2.05) is 0 Å². The summed E-state index contributed by atoms with van der Waals surface area (Å²) in [5.41, 5.74) is 0. The normalized spacial score (nSPS) is 13.0. The van der Waals surface area contributed by atoms with Gasteiger partial charge in [-0.25, -0.2) is 5.11 Å². The summed E-state index contributed by atoms with van der Waals surface area (Å²) in [6, 6.07) is 0. The number of rotatable bonds is 1. The van der Waals surface area contributed by atoms with Crippen molar-refractivity contribution in [3.63, 3.8) is 0 Å². The van der Waals surface area contributed by atoms with Crippen LogP contribution in [0.3, 0.4) is 0 Å². The van der Waals surface area contributed by atoms with Gasteiger partial charge in [0, 0.05) is 0 Å². The van der Waals surface area contributed by atoms with Gasteiger partial charge in [0.2, 0.25) is 3.79 Å². The Balaban J connectivity index is 3.52. The summed E-state index contributed by atoms with van der Waals surface area (Å²) in [5, 5.41) is 9.71. The number of allylic oxidation sites excluding steroid dienone is 1. The van der Waals surface area contributed by atoms with Crippen LogP contribution in [-0.2, 0) is 5.11 Å². The maximum absolute atomic E-state index is 9.71. The molecule has 0 unspecified atom stereocenters. The fourth-order valence-corrected chi connectivity index (χ4v) is 0.449. The number of hydrogen-bond acceptors (Lipinski definition) is 0. The molecule has 47 valence electrons. The zero-order chi connectivity index (χ0) is 6.62. The molecule has 0 aliphatic heterocycles. The van der Waals surface area contributed by atoms with E-state index in [2.05, 4.69) is 0 Å². The maximum Gasteiger partial charge on any atom is 0.209 e. The van der Waals surface area contributed by atoms with Gasteiger partial charge in [-0.2, -0.15) is 0 Å². The molecule has 0 amide bonds. The maximum atomic E-state index is 9.71. The molecule has 0 N–H and O–H groups in total. The minimum Gasteiger partial charge on any atom is -0.232 e. The number of alkyl halides is 3. The largest absolute Gasteiger partial charge is 0.232 e. The van der Waals surface area contributed by atoms with E-state index in [1.165, 1.54) is 12.2 Å². The van der Waals surface area contributed by atoms with Gasteiger partial charge in [0.25, 0.3) is 0 Å². The van der Waals surface area contributed by atoms with Crippen LogP contribution in [0.5, 0.6) is 0 Å². The molecule has 0 saturated heterocycles. The minimum atomic E-state index is -1.41. The molecule has 0 saturated carbocycles. The van der Waals surface area contributed by atoms with Crippen molar-refractivity contribution in [2.45, 2.75) is 3.79 Å². The molecule has 0 spiro atoms. The van der Waals surface area contributed by atoms with Crippen LogP contribution in [0.25, 0.3) is 0 Å². The molecule has 1 nitrogen and oxygen atoms in total. The first-order valence-corrected chi connectivity index (χ1v) is 3.02. The molecule has 0 aromatic rings. The molecular formula is C4H4Cl3O. The van der Waals surface area contributed by atoms with Gasteiger partial charge in [0.15, 0.2) is 0 Å². The third kappa shape index (κ3) is 6.57. The van der Waals surface area contributed by atoms with Crippen LogP contribution in [0, 0.1) is 0 Å². The fourth-order valence-electron chi connectivity index (χ4n) is 0.182. The molecule has 0 fully saturated rings. The van der Waals surface area contributed by atoms with Crippen molar-refractivity contribution in [2.24, 2.45) is 0 Å². The fraction of sp³-hybridized carbons (Fsp3) is 0.500. The van der Waals surface area contributed by atoms with Crippen LogP contribution < -0.4 is 0 Å². The predicted octanol–water partition coefficient (Wildman–Crippen LogP) is 2.34. The monoisotopic (exact) mass is 173 g/mol. The van der Waals surface area contributed by atoms with E-state index >= 15 is 0 Å². The molecule has 0 rings (SSSR count). The van der Waals surface area contributed by atoms with Crippen molar-refractivity contribution in [3.8, 4) is 0 Å². The lowest BCUT2D eigenvalue weighted by Gasteiger charge is -1.99. The zero-order valence-electron chi connectivity index (χ0n) is 3.90. The third-order valence-electron chi connectivity index (χ3n) is 0.403. The molecule has 0 bridgehead atoms. The molecule has 4 heteroatoms. The summed E-state index contributed by atoms with van der Waals surface area (Å²) < 4.78 is -1.41. The number of halogens is 3. The highest BCUT2D eigenvalue weighted by molar-refractivity contribution is 6.68. The molecule has 0 aromatic heterocycles. The standard InChI is InChI=1S/C4H4Cl3O/c5-4(6,7)2-1-3-8/h1-2H,3H2. The zero-order valence-corrected chi connectivity index (χ0v) is 6.17. The average molecular weight is 174 g/mol. The van der Waals surface area contributed by atoms with Crippen LogP contribution in [0.2, 0.25) is 0 Å². The second-order valence-corrected chi connectivity index (χ2v) is 3.48.